The highest BCUT2D eigenvalue weighted by atomic mass is 16.6. The number of carbonyl (C=O) groups is 1. The number of nitrogens with zero attached hydrogens (tertiary/aromatic N) is 1. The molecule has 19 heavy (non-hydrogen) atoms. The highest BCUT2D eigenvalue weighted by Gasteiger charge is 2.09. The van der Waals surface area contributed by atoms with Gasteiger partial charge in [0.2, 0.25) is 0 Å². The molecule has 0 fully saturated rings. The van der Waals surface area contributed by atoms with E-state index >= 15 is 0 Å². The first-order chi connectivity index (χ1) is 9.08. The fourth-order valence-electron chi connectivity index (χ4n) is 1.72. The van der Waals surface area contributed by atoms with Crippen LogP contribution in [0, 0.1) is 10.1 Å². The number of anilines is 1. The maximum absolute atomic E-state index is 10.7. The molecule has 0 aliphatic carbocycles. The number of carboxylic acid groups (broad SMARTS) is 1. The highest BCUT2D eigenvalue weighted by molar-refractivity contribution is 5.90. The molecule has 2 N–H and O–H groups in total. The quantitative estimate of drug-likeness (QED) is 0.652. The Kier molecular flexibility index (Phi) is 3.42. The van der Waals surface area contributed by atoms with Gasteiger partial charge in [0.25, 0.3) is 5.69 Å². The van der Waals surface area contributed by atoms with Crippen molar-refractivity contribution in [3.63, 3.8) is 0 Å². The summed E-state index contributed by atoms with van der Waals surface area (Å²) in [6.45, 7) is 0. The molecule has 6 heteroatoms. The van der Waals surface area contributed by atoms with E-state index < -0.39 is 11.0 Å². The lowest BCUT2D eigenvalue weighted by atomic mass is 10.0. The third-order valence-electron chi connectivity index (χ3n) is 2.56. The summed E-state index contributed by atoms with van der Waals surface area (Å²) < 4.78 is 0. The fraction of sp³-hybridized carbons (Fsp3) is 0. The van der Waals surface area contributed by atoms with Crippen LogP contribution in [0.1, 0.15) is 0 Å². The van der Waals surface area contributed by atoms with Crippen LogP contribution >= 0.6 is 0 Å². The van der Waals surface area contributed by atoms with Crippen molar-refractivity contribution >= 4 is 17.5 Å². The molecule has 2 aromatic rings. The van der Waals surface area contributed by atoms with Gasteiger partial charge in [-0.25, -0.2) is 4.79 Å². The average Bonchev–Trinajstić information content (AvgIpc) is 2.39. The lowest BCUT2D eigenvalue weighted by Gasteiger charge is -2.08. The van der Waals surface area contributed by atoms with Crippen LogP contribution in [0.15, 0.2) is 48.5 Å². The Balaban J connectivity index is 2.41. The summed E-state index contributed by atoms with van der Waals surface area (Å²) >= 11 is 0. The van der Waals surface area contributed by atoms with Gasteiger partial charge in [-0.2, -0.15) is 0 Å². The van der Waals surface area contributed by atoms with Gasteiger partial charge in [-0.15, -0.1) is 0 Å². The minimum Gasteiger partial charge on any atom is -0.465 e. The number of nitrogens with one attached hydrogen (secondary N) is 1. The largest absolute Gasteiger partial charge is 0.465 e. The second-order valence-corrected chi connectivity index (χ2v) is 3.78. The smallest absolute Gasteiger partial charge is 0.409 e. The molecule has 0 aliphatic heterocycles. The van der Waals surface area contributed by atoms with Crippen molar-refractivity contribution < 1.29 is 14.8 Å². The number of amides is 1. The normalized spacial score (nSPS) is 9.89. The Bertz CT molecular complexity index is 623. The molecule has 96 valence electrons. The second kappa shape index (κ2) is 5.18. The van der Waals surface area contributed by atoms with Gasteiger partial charge < -0.3 is 5.11 Å². The van der Waals surface area contributed by atoms with Crippen LogP contribution in [-0.4, -0.2) is 16.1 Å². The summed E-state index contributed by atoms with van der Waals surface area (Å²) in [7, 11) is 0. The summed E-state index contributed by atoms with van der Waals surface area (Å²) in [5, 5.41) is 21.6. The van der Waals surface area contributed by atoms with Gasteiger partial charge >= 0.3 is 6.09 Å². The maximum atomic E-state index is 10.7. The number of hydrogen-bond acceptors (Lipinski definition) is 3. The van der Waals surface area contributed by atoms with Crippen LogP contribution in [0.3, 0.4) is 0 Å². The van der Waals surface area contributed by atoms with E-state index in [1.807, 2.05) is 0 Å². The van der Waals surface area contributed by atoms with Crippen LogP contribution in [0.5, 0.6) is 0 Å². The monoisotopic (exact) mass is 258 g/mol. The van der Waals surface area contributed by atoms with Crippen molar-refractivity contribution in [3.8, 4) is 11.1 Å². The van der Waals surface area contributed by atoms with Gasteiger partial charge in [0, 0.05) is 17.7 Å². The van der Waals surface area contributed by atoms with E-state index in [0.717, 1.165) is 0 Å². The number of para-hydroxylation sites is 1. The van der Waals surface area contributed by atoms with E-state index in [0.29, 0.717) is 16.8 Å². The van der Waals surface area contributed by atoms with Gasteiger partial charge in [-0.3, -0.25) is 15.4 Å². The molecule has 2 aromatic carbocycles. The van der Waals surface area contributed by atoms with Crippen LogP contribution in [0.4, 0.5) is 16.2 Å². The molecule has 2 rings (SSSR count). The Labute approximate surface area is 108 Å². The van der Waals surface area contributed by atoms with Crippen molar-refractivity contribution in [2.75, 3.05) is 5.32 Å². The van der Waals surface area contributed by atoms with Crippen molar-refractivity contribution in [2.24, 2.45) is 0 Å². The van der Waals surface area contributed by atoms with Crippen molar-refractivity contribution in [1.29, 1.82) is 0 Å². The van der Waals surface area contributed by atoms with Crippen molar-refractivity contribution in [2.45, 2.75) is 0 Å². The predicted octanol–water partition coefficient (Wildman–Crippen LogP) is 3.35. The molecule has 0 saturated heterocycles. The first-order valence-electron chi connectivity index (χ1n) is 5.42. The zero-order valence-electron chi connectivity index (χ0n) is 9.74. The van der Waals surface area contributed by atoms with E-state index in [-0.39, 0.29) is 5.69 Å². The molecule has 0 unspecified atom stereocenters. The molecule has 0 aromatic heterocycles. The first kappa shape index (κ1) is 12.6. The lowest BCUT2D eigenvalue weighted by Crippen LogP contribution is -2.08. The van der Waals surface area contributed by atoms with Gasteiger partial charge in [-0.1, -0.05) is 18.2 Å². The highest BCUT2D eigenvalue weighted by Crippen LogP contribution is 2.29. The Morgan fingerprint density at radius 2 is 1.74 bits per heavy atom. The summed E-state index contributed by atoms with van der Waals surface area (Å²) in [6, 6.07) is 12.8. The first-order valence-corrected chi connectivity index (χ1v) is 5.42. The summed E-state index contributed by atoms with van der Waals surface area (Å²) in [4.78, 5) is 20.8. The van der Waals surface area contributed by atoms with Crippen molar-refractivity contribution in [3.05, 3.63) is 58.6 Å². The molecule has 0 atom stereocenters. The fourth-order valence-corrected chi connectivity index (χ4v) is 1.72. The standard InChI is InChI=1S/C13H10N2O4/c16-13(17)14-12-4-2-1-3-11(12)9-5-7-10(8-6-9)15(18)19/h1-8,14H,(H,16,17). The Morgan fingerprint density at radius 1 is 1.11 bits per heavy atom. The molecule has 6 nitrogen and oxygen atoms in total. The van der Waals surface area contributed by atoms with Gasteiger partial charge in [0.05, 0.1) is 10.6 Å². The van der Waals surface area contributed by atoms with Crippen LogP contribution in [-0.2, 0) is 0 Å². The predicted molar refractivity (Wildman–Crippen MR) is 70.2 cm³/mol. The molecule has 0 bridgehead atoms. The zero-order valence-corrected chi connectivity index (χ0v) is 9.74. The molecular formula is C13H10N2O4. The second-order valence-electron chi connectivity index (χ2n) is 3.78. The summed E-state index contributed by atoms with van der Waals surface area (Å²) in [5.41, 5.74) is 1.80. The van der Waals surface area contributed by atoms with E-state index in [9.17, 15) is 14.9 Å². The molecular weight excluding hydrogens is 248 g/mol. The number of nitro benzene ring substituents is 1. The third kappa shape index (κ3) is 2.86. The van der Waals surface area contributed by atoms with E-state index in [1.165, 1.54) is 12.1 Å². The van der Waals surface area contributed by atoms with Gasteiger partial charge in [0.1, 0.15) is 0 Å². The van der Waals surface area contributed by atoms with E-state index in [4.69, 9.17) is 5.11 Å². The average molecular weight is 258 g/mol. The number of hydrogen-bond donors (Lipinski definition) is 2. The minimum atomic E-state index is -1.16. The molecule has 0 heterocycles. The number of nitro groups is 1. The summed E-state index contributed by atoms with van der Waals surface area (Å²) in [6.07, 6.45) is -1.16. The van der Waals surface area contributed by atoms with Crippen LogP contribution in [0.2, 0.25) is 0 Å². The third-order valence-corrected chi connectivity index (χ3v) is 2.56. The van der Waals surface area contributed by atoms with Crippen LogP contribution in [0.25, 0.3) is 11.1 Å². The molecule has 1 amide bonds. The lowest BCUT2D eigenvalue weighted by molar-refractivity contribution is -0.384. The van der Waals surface area contributed by atoms with Crippen molar-refractivity contribution in [1.82, 2.24) is 0 Å². The van der Waals surface area contributed by atoms with Crippen LogP contribution < -0.4 is 5.32 Å². The van der Waals surface area contributed by atoms with E-state index in [1.54, 1.807) is 36.4 Å². The van der Waals surface area contributed by atoms with Gasteiger partial charge in [0.15, 0.2) is 0 Å². The molecule has 0 saturated carbocycles. The number of rotatable bonds is 3. The zero-order chi connectivity index (χ0) is 13.8. The molecule has 0 aliphatic rings. The number of non-ortho nitro benzene ring substituents is 1. The Morgan fingerprint density at radius 3 is 2.32 bits per heavy atom. The minimum absolute atomic E-state index is 0.00701. The summed E-state index contributed by atoms with van der Waals surface area (Å²) in [5.74, 6) is 0. The topological polar surface area (TPSA) is 92.5 Å². The Hall–Kier alpha value is -2.89. The molecule has 0 radical (unpaired) electrons. The SMILES string of the molecule is O=C(O)Nc1ccccc1-c1ccc([N+](=O)[O-])cc1. The molecule has 0 spiro atoms. The van der Waals surface area contributed by atoms with Gasteiger partial charge in [-0.05, 0) is 23.8 Å². The van der Waals surface area contributed by atoms with E-state index in [2.05, 4.69) is 5.32 Å². The number of benzene rings is 2. The maximum Gasteiger partial charge on any atom is 0.409 e.